The van der Waals surface area contributed by atoms with E-state index in [2.05, 4.69) is 4.90 Å². The maximum absolute atomic E-state index is 13.2. The standard InChI is InChI=1S/C27H32N2O6/c1-3-35-22-7-4-6-20(18-22)24-23(25(30)19-8-10-21(33-2)11-9-19)26(31)27(32)29(24)13-5-12-28-14-16-34-17-15-28/h4,6-11,18,24,30H,3,5,12-17H2,1-2H3/b25-23+. The summed E-state index contributed by atoms with van der Waals surface area (Å²) in [7, 11) is 1.56. The van der Waals surface area contributed by atoms with E-state index in [1.54, 1.807) is 36.3 Å². The van der Waals surface area contributed by atoms with E-state index in [4.69, 9.17) is 14.2 Å². The minimum atomic E-state index is -0.706. The molecule has 8 nitrogen and oxygen atoms in total. The van der Waals surface area contributed by atoms with Crippen molar-refractivity contribution in [3.05, 3.63) is 65.2 Å². The molecule has 35 heavy (non-hydrogen) atoms. The number of carbonyl (C=O) groups is 2. The number of morpholine rings is 1. The number of ketones is 1. The van der Waals surface area contributed by atoms with E-state index in [1.807, 2.05) is 31.2 Å². The molecule has 2 aromatic carbocycles. The van der Waals surface area contributed by atoms with Crippen molar-refractivity contribution in [3.63, 3.8) is 0 Å². The lowest BCUT2D eigenvalue weighted by atomic mass is 9.95. The van der Waals surface area contributed by atoms with Crippen LogP contribution >= 0.6 is 0 Å². The number of aliphatic hydroxyl groups excluding tert-OH is 1. The Morgan fingerprint density at radius 3 is 2.49 bits per heavy atom. The van der Waals surface area contributed by atoms with Crippen LogP contribution in [-0.4, -0.2) is 79.7 Å². The Morgan fingerprint density at radius 1 is 1.06 bits per heavy atom. The summed E-state index contributed by atoms with van der Waals surface area (Å²) in [6, 6.07) is 13.4. The molecule has 2 aromatic rings. The van der Waals surface area contributed by atoms with Crippen LogP contribution in [-0.2, 0) is 14.3 Å². The number of amides is 1. The maximum atomic E-state index is 13.2. The number of ether oxygens (including phenoxy) is 3. The lowest BCUT2D eigenvalue weighted by Crippen LogP contribution is -2.38. The van der Waals surface area contributed by atoms with Gasteiger partial charge in [0.1, 0.15) is 17.3 Å². The number of aliphatic hydroxyl groups is 1. The number of hydrogen-bond donors (Lipinski definition) is 1. The van der Waals surface area contributed by atoms with Crippen molar-refractivity contribution in [2.45, 2.75) is 19.4 Å². The molecule has 0 aliphatic carbocycles. The highest BCUT2D eigenvalue weighted by molar-refractivity contribution is 6.46. The number of methoxy groups -OCH3 is 1. The van der Waals surface area contributed by atoms with Crippen LogP contribution in [0.1, 0.15) is 30.5 Å². The smallest absolute Gasteiger partial charge is 0.295 e. The lowest BCUT2D eigenvalue weighted by molar-refractivity contribution is -0.140. The molecule has 2 saturated heterocycles. The van der Waals surface area contributed by atoms with Gasteiger partial charge in [0.25, 0.3) is 11.7 Å². The fourth-order valence-corrected chi connectivity index (χ4v) is 4.59. The van der Waals surface area contributed by atoms with Crippen molar-refractivity contribution < 1.29 is 28.9 Å². The third-order valence-corrected chi connectivity index (χ3v) is 6.37. The van der Waals surface area contributed by atoms with Gasteiger partial charge in [-0.1, -0.05) is 12.1 Å². The number of hydrogen-bond acceptors (Lipinski definition) is 7. The number of likely N-dealkylation sites (tertiary alicyclic amines) is 1. The molecular formula is C27H32N2O6. The molecule has 1 unspecified atom stereocenters. The molecule has 8 heteroatoms. The molecule has 0 spiro atoms. The van der Waals surface area contributed by atoms with E-state index in [1.165, 1.54) is 0 Å². The summed E-state index contributed by atoms with van der Waals surface area (Å²) in [5.74, 6) is -0.210. The van der Waals surface area contributed by atoms with E-state index in [9.17, 15) is 14.7 Å². The molecule has 186 valence electrons. The highest BCUT2D eigenvalue weighted by atomic mass is 16.5. The van der Waals surface area contributed by atoms with Crippen LogP contribution in [0, 0.1) is 0 Å². The first-order valence-corrected chi connectivity index (χ1v) is 12.0. The summed E-state index contributed by atoms with van der Waals surface area (Å²) in [6.07, 6.45) is 0.706. The van der Waals surface area contributed by atoms with Gasteiger partial charge in [0.05, 0.1) is 38.5 Å². The van der Waals surface area contributed by atoms with Crippen molar-refractivity contribution in [1.82, 2.24) is 9.80 Å². The highest BCUT2D eigenvalue weighted by Gasteiger charge is 2.46. The fourth-order valence-electron chi connectivity index (χ4n) is 4.59. The maximum Gasteiger partial charge on any atom is 0.295 e. The highest BCUT2D eigenvalue weighted by Crippen LogP contribution is 2.40. The Bertz CT molecular complexity index is 1080. The second kappa shape index (κ2) is 11.4. The minimum Gasteiger partial charge on any atom is -0.507 e. The van der Waals surface area contributed by atoms with Crippen LogP contribution < -0.4 is 9.47 Å². The van der Waals surface area contributed by atoms with Crippen LogP contribution in [0.3, 0.4) is 0 Å². The number of Topliss-reactive ketones (excluding diaryl/α,β-unsaturated/α-hetero) is 1. The monoisotopic (exact) mass is 480 g/mol. The Balaban J connectivity index is 1.68. The summed E-state index contributed by atoms with van der Waals surface area (Å²) in [6.45, 7) is 6.71. The first kappa shape index (κ1) is 24.8. The first-order chi connectivity index (χ1) is 17.0. The van der Waals surface area contributed by atoms with Gasteiger partial charge in [-0.15, -0.1) is 0 Å². The molecule has 2 aliphatic heterocycles. The topological polar surface area (TPSA) is 88.5 Å². The van der Waals surface area contributed by atoms with Crippen LogP contribution in [0.5, 0.6) is 11.5 Å². The average Bonchev–Trinajstić information content (AvgIpc) is 3.14. The van der Waals surface area contributed by atoms with Crippen LogP contribution in [0.15, 0.2) is 54.1 Å². The van der Waals surface area contributed by atoms with Gasteiger partial charge < -0.3 is 24.2 Å². The molecule has 2 heterocycles. The average molecular weight is 481 g/mol. The third kappa shape index (κ3) is 5.49. The van der Waals surface area contributed by atoms with E-state index < -0.39 is 17.7 Å². The fraction of sp³-hybridized carbons (Fsp3) is 0.407. The summed E-state index contributed by atoms with van der Waals surface area (Å²) >= 11 is 0. The Labute approximate surface area is 205 Å². The summed E-state index contributed by atoms with van der Waals surface area (Å²) < 4.78 is 16.3. The number of carbonyl (C=O) groups excluding carboxylic acids is 2. The van der Waals surface area contributed by atoms with Gasteiger partial charge in [-0.05, 0) is 55.3 Å². The van der Waals surface area contributed by atoms with Crippen molar-refractivity contribution in [2.24, 2.45) is 0 Å². The molecule has 0 radical (unpaired) electrons. The lowest BCUT2D eigenvalue weighted by Gasteiger charge is -2.29. The molecule has 0 bridgehead atoms. The van der Waals surface area contributed by atoms with Gasteiger partial charge in [-0.2, -0.15) is 0 Å². The van der Waals surface area contributed by atoms with E-state index >= 15 is 0 Å². The Kier molecular flexibility index (Phi) is 8.05. The van der Waals surface area contributed by atoms with Crippen molar-refractivity contribution in [3.8, 4) is 11.5 Å². The number of nitrogens with zero attached hydrogens (tertiary/aromatic N) is 2. The minimum absolute atomic E-state index is 0.0835. The molecule has 4 rings (SSSR count). The van der Waals surface area contributed by atoms with E-state index in [0.29, 0.717) is 49.8 Å². The zero-order valence-electron chi connectivity index (χ0n) is 20.2. The van der Waals surface area contributed by atoms with Crippen LogP contribution in [0.4, 0.5) is 0 Å². The second-order valence-electron chi connectivity index (χ2n) is 8.53. The molecule has 1 N–H and O–H groups in total. The zero-order chi connectivity index (χ0) is 24.8. The van der Waals surface area contributed by atoms with Crippen LogP contribution in [0.25, 0.3) is 5.76 Å². The summed E-state index contributed by atoms with van der Waals surface area (Å²) in [5.41, 5.74) is 1.25. The molecule has 2 aliphatic rings. The quantitative estimate of drug-likeness (QED) is 0.335. The molecule has 0 aromatic heterocycles. The SMILES string of the molecule is CCOc1cccc(C2/C(=C(\O)c3ccc(OC)cc3)C(=O)C(=O)N2CCCN2CCOCC2)c1. The molecule has 0 saturated carbocycles. The molecule has 1 atom stereocenters. The van der Waals surface area contributed by atoms with Crippen molar-refractivity contribution in [1.29, 1.82) is 0 Å². The van der Waals surface area contributed by atoms with Crippen molar-refractivity contribution >= 4 is 17.4 Å². The Morgan fingerprint density at radius 2 is 1.80 bits per heavy atom. The van der Waals surface area contributed by atoms with Gasteiger partial charge in [0.15, 0.2) is 0 Å². The van der Waals surface area contributed by atoms with E-state index in [0.717, 1.165) is 25.2 Å². The summed E-state index contributed by atoms with van der Waals surface area (Å²) in [5, 5.41) is 11.2. The van der Waals surface area contributed by atoms with Gasteiger partial charge in [-0.25, -0.2) is 0 Å². The largest absolute Gasteiger partial charge is 0.507 e. The third-order valence-electron chi connectivity index (χ3n) is 6.37. The number of rotatable bonds is 9. The Hall–Kier alpha value is -3.36. The van der Waals surface area contributed by atoms with Crippen LogP contribution in [0.2, 0.25) is 0 Å². The molecule has 1 amide bonds. The van der Waals surface area contributed by atoms with Crippen molar-refractivity contribution in [2.75, 3.05) is 53.1 Å². The summed E-state index contributed by atoms with van der Waals surface area (Å²) in [4.78, 5) is 30.3. The van der Waals surface area contributed by atoms with Gasteiger partial charge in [0, 0.05) is 31.7 Å². The first-order valence-electron chi connectivity index (χ1n) is 12.0. The van der Waals surface area contributed by atoms with E-state index in [-0.39, 0.29) is 11.3 Å². The number of benzene rings is 2. The van der Waals surface area contributed by atoms with Gasteiger partial charge in [0.2, 0.25) is 0 Å². The molecule has 2 fully saturated rings. The predicted molar refractivity (Wildman–Crippen MR) is 131 cm³/mol. The molecular weight excluding hydrogens is 448 g/mol. The predicted octanol–water partition coefficient (Wildman–Crippen LogP) is 3.24. The van der Waals surface area contributed by atoms with Gasteiger partial charge >= 0.3 is 0 Å². The van der Waals surface area contributed by atoms with Gasteiger partial charge in [-0.3, -0.25) is 14.5 Å². The second-order valence-corrected chi connectivity index (χ2v) is 8.53. The normalized spacial score (nSPS) is 20.3. The zero-order valence-corrected chi connectivity index (χ0v) is 20.2.